The molecule has 1 aliphatic heterocycles. The van der Waals surface area contributed by atoms with Crippen molar-refractivity contribution >= 4 is 17.6 Å². The van der Waals surface area contributed by atoms with Crippen molar-refractivity contribution in [3.05, 3.63) is 71.6 Å². The van der Waals surface area contributed by atoms with E-state index in [2.05, 4.69) is 0 Å². The van der Waals surface area contributed by atoms with Crippen molar-refractivity contribution in [3.8, 4) is 0 Å². The molecule has 0 bridgehead atoms. The van der Waals surface area contributed by atoms with Crippen molar-refractivity contribution in [2.45, 2.75) is 11.4 Å². The first kappa shape index (κ1) is 16.8. The minimum atomic E-state index is -0.304. The fraction of sp³-hybridized carbons (Fsp3) is 0.316. The second-order valence-corrected chi connectivity index (χ2v) is 6.79. The van der Waals surface area contributed by atoms with Gasteiger partial charge in [0.15, 0.2) is 0 Å². The topological polar surface area (TPSA) is 23.6 Å². The van der Waals surface area contributed by atoms with Gasteiger partial charge in [-0.2, -0.15) is 0 Å². The highest BCUT2D eigenvalue weighted by Gasteiger charge is 2.35. The lowest BCUT2D eigenvalue weighted by Crippen LogP contribution is -2.39. The fourth-order valence-electron chi connectivity index (χ4n) is 3.16. The molecule has 1 aromatic carbocycles. The number of hydrogen-bond donors (Lipinski definition) is 0. The normalized spacial score (nSPS) is 26.2. The Hall–Kier alpha value is -2.07. The van der Waals surface area contributed by atoms with Crippen molar-refractivity contribution in [1.29, 1.82) is 0 Å². The number of allylic oxidation sites excluding steroid dienone is 4. The Balaban J connectivity index is 1.95. The van der Waals surface area contributed by atoms with Crippen LogP contribution in [-0.4, -0.2) is 41.8 Å². The van der Waals surface area contributed by atoms with Crippen LogP contribution in [0.1, 0.15) is 11.6 Å². The van der Waals surface area contributed by atoms with E-state index in [1.807, 2.05) is 36.4 Å². The summed E-state index contributed by atoms with van der Waals surface area (Å²) in [5.41, 5.74) is 2.00. The van der Waals surface area contributed by atoms with Gasteiger partial charge in [-0.05, 0) is 23.3 Å². The molecule has 3 rings (SSSR count). The van der Waals surface area contributed by atoms with Crippen LogP contribution < -0.4 is 0 Å². The Labute approximate surface area is 146 Å². The van der Waals surface area contributed by atoms with E-state index >= 15 is 0 Å². The lowest BCUT2D eigenvalue weighted by atomic mass is 9.91. The summed E-state index contributed by atoms with van der Waals surface area (Å²) in [4.78, 5) is 15.9. The molecule has 3 nitrogen and oxygen atoms in total. The zero-order chi connectivity index (χ0) is 17.3. The highest BCUT2D eigenvalue weighted by Crippen LogP contribution is 2.38. The van der Waals surface area contributed by atoms with Gasteiger partial charge in [-0.15, -0.1) is 11.6 Å². The van der Waals surface area contributed by atoms with Crippen LogP contribution in [0.2, 0.25) is 0 Å². The Morgan fingerprint density at radius 1 is 1.25 bits per heavy atom. The van der Waals surface area contributed by atoms with E-state index in [0.29, 0.717) is 6.54 Å². The van der Waals surface area contributed by atoms with Gasteiger partial charge in [0.25, 0.3) is 0 Å². The van der Waals surface area contributed by atoms with Crippen LogP contribution in [0.5, 0.6) is 0 Å². The monoisotopic (exact) mass is 346 g/mol. The third-order valence-electron chi connectivity index (χ3n) is 4.38. The molecule has 0 fully saturated rings. The maximum Gasteiger partial charge on any atom is 0.320 e. The van der Waals surface area contributed by atoms with Crippen molar-refractivity contribution < 1.29 is 9.18 Å². The first-order valence-electron chi connectivity index (χ1n) is 7.90. The average Bonchev–Trinajstić information content (AvgIpc) is 3.02. The van der Waals surface area contributed by atoms with Gasteiger partial charge in [0.2, 0.25) is 0 Å². The second kappa shape index (κ2) is 6.81. The standard InChI is InChI=1S/C19H20ClFN2O/c1-22(2)19(24)23-12-14(16-11-15(21)8-9-17(16)20)10-18(23)13-6-4-3-5-7-13/h3-11,16-18H,12H2,1-2H3. The third kappa shape index (κ3) is 3.24. The van der Waals surface area contributed by atoms with Gasteiger partial charge in [0.1, 0.15) is 5.83 Å². The summed E-state index contributed by atoms with van der Waals surface area (Å²) in [6.07, 6.45) is 6.63. The van der Waals surface area contributed by atoms with E-state index in [0.717, 1.165) is 11.1 Å². The van der Waals surface area contributed by atoms with E-state index in [1.54, 1.807) is 30.0 Å². The SMILES string of the molecule is CN(C)C(=O)N1CC(C2C=C(F)C=CC2Cl)=CC1c1ccccc1. The number of benzene rings is 1. The highest BCUT2D eigenvalue weighted by molar-refractivity contribution is 6.22. The molecule has 24 heavy (non-hydrogen) atoms. The molecule has 5 heteroatoms. The third-order valence-corrected chi connectivity index (χ3v) is 4.80. The Morgan fingerprint density at radius 3 is 2.62 bits per heavy atom. The summed E-state index contributed by atoms with van der Waals surface area (Å²) >= 11 is 6.36. The predicted molar refractivity (Wildman–Crippen MR) is 94.5 cm³/mol. The van der Waals surface area contributed by atoms with Gasteiger partial charge in [0, 0.05) is 26.6 Å². The average molecular weight is 347 g/mol. The van der Waals surface area contributed by atoms with Gasteiger partial charge < -0.3 is 9.80 Å². The van der Waals surface area contributed by atoms with Gasteiger partial charge in [0.05, 0.1) is 11.4 Å². The lowest BCUT2D eigenvalue weighted by molar-refractivity contribution is 0.169. The van der Waals surface area contributed by atoms with Crippen LogP contribution in [-0.2, 0) is 0 Å². The summed E-state index contributed by atoms with van der Waals surface area (Å²) in [6.45, 7) is 0.447. The van der Waals surface area contributed by atoms with E-state index in [4.69, 9.17) is 11.6 Å². The summed E-state index contributed by atoms with van der Waals surface area (Å²) in [5.74, 6) is -0.519. The molecule has 0 saturated carbocycles. The molecule has 2 amide bonds. The Kier molecular flexibility index (Phi) is 4.76. The maximum absolute atomic E-state index is 13.7. The number of halogens is 2. The molecular weight excluding hydrogens is 327 g/mol. The largest absolute Gasteiger partial charge is 0.331 e. The van der Waals surface area contributed by atoms with Crippen molar-refractivity contribution in [2.75, 3.05) is 20.6 Å². The molecule has 2 aliphatic rings. The Bertz CT molecular complexity index is 711. The van der Waals surface area contributed by atoms with Gasteiger partial charge >= 0.3 is 6.03 Å². The number of carbonyl (C=O) groups is 1. The summed E-state index contributed by atoms with van der Waals surface area (Å²) in [6, 6.07) is 9.60. The molecule has 0 aromatic heterocycles. The molecule has 3 unspecified atom stereocenters. The van der Waals surface area contributed by atoms with Crippen LogP contribution in [0.25, 0.3) is 0 Å². The number of alkyl halides is 1. The second-order valence-electron chi connectivity index (χ2n) is 6.28. The maximum atomic E-state index is 13.7. The molecular formula is C19H20ClFN2O. The van der Waals surface area contributed by atoms with E-state index in [1.165, 1.54) is 12.2 Å². The smallest absolute Gasteiger partial charge is 0.320 e. The number of nitrogens with zero attached hydrogens (tertiary/aromatic N) is 2. The fourth-order valence-corrected chi connectivity index (χ4v) is 3.47. The number of amides is 2. The zero-order valence-corrected chi connectivity index (χ0v) is 14.4. The number of hydrogen-bond acceptors (Lipinski definition) is 1. The molecule has 0 N–H and O–H groups in total. The van der Waals surface area contributed by atoms with Crippen LogP contribution in [0.15, 0.2) is 66.0 Å². The molecule has 1 aliphatic carbocycles. The first-order valence-corrected chi connectivity index (χ1v) is 8.34. The zero-order valence-electron chi connectivity index (χ0n) is 13.7. The van der Waals surface area contributed by atoms with Gasteiger partial charge in [-0.3, -0.25) is 0 Å². The first-order chi connectivity index (χ1) is 11.5. The van der Waals surface area contributed by atoms with E-state index in [-0.39, 0.29) is 29.2 Å². The molecule has 0 spiro atoms. The Morgan fingerprint density at radius 2 is 1.96 bits per heavy atom. The minimum Gasteiger partial charge on any atom is -0.331 e. The predicted octanol–water partition coefficient (Wildman–Crippen LogP) is 4.30. The van der Waals surface area contributed by atoms with Crippen molar-refractivity contribution in [1.82, 2.24) is 9.80 Å². The summed E-state index contributed by atoms with van der Waals surface area (Å²) in [5, 5.41) is -0.304. The van der Waals surface area contributed by atoms with Crippen LogP contribution in [0.4, 0.5) is 9.18 Å². The van der Waals surface area contributed by atoms with Crippen molar-refractivity contribution in [3.63, 3.8) is 0 Å². The van der Waals surface area contributed by atoms with Crippen LogP contribution >= 0.6 is 11.6 Å². The number of urea groups is 1. The van der Waals surface area contributed by atoms with E-state index < -0.39 is 0 Å². The van der Waals surface area contributed by atoms with Gasteiger partial charge in [-0.1, -0.05) is 42.5 Å². The van der Waals surface area contributed by atoms with Crippen LogP contribution in [0, 0.1) is 5.92 Å². The number of rotatable bonds is 2. The van der Waals surface area contributed by atoms with Gasteiger partial charge in [-0.25, -0.2) is 9.18 Å². The molecule has 3 atom stereocenters. The molecule has 126 valence electrons. The molecule has 0 radical (unpaired) electrons. The quantitative estimate of drug-likeness (QED) is 0.578. The minimum absolute atomic E-state index is 0.0722. The number of carbonyl (C=O) groups excluding carboxylic acids is 1. The highest BCUT2D eigenvalue weighted by atomic mass is 35.5. The molecule has 1 aromatic rings. The van der Waals surface area contributed by atoms with Crippen LogP contribution in [0.3, 0.4) is 0 Å². The van der Waals surface area contributed by atoms with Crippen molar-refractivity contribution in [2.24, 2.45) is 5.92 Å². The lowest BCUT2D eigenvalue weighted by Gasteiger charge is -2.29. The summed E-state index contributed by atoms with van der Waals surface area (Å²) in [7, 11) is 3.46. The molecule has 0 saturated heterocycles. The van der Waals surface area contributed by atoms with E-state index in [9.17, 15) is 9.18 Å². The molecule has 1 heterocycles. The summed E-state index contributed by atoms with van der Waals surface area (Å²) < 4.78 is 13.7.